The molecule has 2 aromatic heterocycles. The molecule has 3 aliphatic rings. The predicted molar refractivity (Wildman–Crippen MR) is 112 cm³/mol. The van der Waals surface area contributed by atoms with Gasteiger partial charge in [-0.05, 0) is 37.8 Å². The molecular weight excluding hydrogens is 401 g/mol. The van der Waals surface area contributed by atoms with Crippen molar-refractivity contribution in [3.05, 3.63) is 12.5 Å². The summed E-state index contributed by atoms with van der Waals surface area (Å²) in [4.78, 5) is 26.1. The zero-order chi connectivity index (χ0) is 17.7. The van der Waals surface area contributed by atoms with Crippen molar-refractivity contribution < 1.29 is 4.79 Å². The number of nitrogens with zero attached hydrogens (tertiary/aromatic N) is 6. The number of piperazine rings is 1. The van der Waals surface area contributed by atoms with Gasteiger partial charge >= 0.3 is 0 Å². The first-order valence-electron chi connectivity index (χ1n) is 9.55. The fourth-order valence-electron chi connectivity index (χ4n) is 4.73. The van der Waals surface area contributed by atoms with E-state index in [1.165, 1.54) is 0 Å². The minimum atomic E-state index is 0. The molecule has 1 amide bonds. The summed E-state index contributed by atoms with van der Waals surface area (Å²) in [6, 6.07) is 0. The summed E-state index contributed by atoms with van der Waals surface area (Å²) in [7, 11) is 1.89. The number of aryl methyl sites for hydroxylation is 1. The third kappa shape index (κ3) is 3.42. The fraction of sp³-hybridized carbons (Fsp3) is 0.667. The Kier molecular flexibility index (Phi) is 6.03. The van der Waals surface area contributed by atoms with Crippen LogP contribution >= 0.6 is 24.8 Å². The summed E-state index contributed by atoms with van der Waals surface area (Å²) in [5.41, 5.74) is 1.16. The van der Waals surface area contributed by atoms with Crippen LogP contribution in [0.25, 0.3) is 11.0 Å². The molecule has 0 radical (unpaired) electrons. The van der Waals surface area contributed by atoms with Crippen LogP contribution in [0.1, 0.15) is 19.3 Å². The van der Waals surface area contributed by atoms with E-state index in [2.05, 4.69) is 30.2 Å². The van der Waals surface area contributed by atoms with Gasteiger partial charge in [-0.25, -0.2) is 9.97 Å². The standard InChI is InChI=1S/C18H25N7O.2ClH/c1-23-15-13(11-22-23)16(21-12-20-15)24-6-8-25(9-7-24)17(26)14-10-18(14)2-4-19-5-3-18;;/h11-12,14,19H,2-10H2,1H3;2*1H. The number of fused-ring (bicyclic) bond motifs is 1. The van der Waals surface area contributed by atoms with E-state index >= 15 is 0 Å². The Labute approximate surface area is 176 Å². The Bertz CT molecular complexity index is 844. The van der Waals surface area contributed by atoms with E-state index in [0.717, 1.165) is 75.4 Å². The number of aromatic nitrogens is 4. The average molecular weight is 428 g/mol. The first kappa shape index (κ1) is 21.1. The van der Waals surface area contributed by atoms with Crippen LogP contribution in [0.2, 0.25) is 0 Å². The molecule has 4 heterocycles. The lowest BCUT2D eigenvalue weighted by molar-refractivity contribution is -0.133. The summed E-state index contributed by atoms with van der Waals surface area (Å²) >= 11 is 0. The van der Waals surface area contributed by atoms with Gasteiger partial charge in [0, 0.05) is 39.1 Å². The normalized spacial score (nSPS) is 23.2. The van der Waals surface area contributed by atoms with E-state index in [0.29, 0.717) is 11.3 Å². The summed E-state index contributed by atoms with van der Waals surface area (Å²) in [5, 5.41) is 8.68. The highest BCUT2D eigenvalue weighted by atomic mass is 35.5. The molecule has 2 aliphatic heterocycles. The number of amides is 1. The molecule has 2 aromatic rings. The predicted octanol–water partition coefficient (Wildman–Crippen LogP) is 1.25. The van der Waals surface area contributed by atoms with Crippen molar-refractivity contribution in [3.8, 4) is 0 Å². The molecule has 1 N–H and O–H groups in total. The van der Waals surface area contributed by atoms with E-state index < -0.39 is 0 Å². The number of nitrogens with one attached hydrogen (secondary N) is 1. The maximum Gasteiger partial charge on any atom is 0.226 e. The van der Waals surface area contributed by atoms with Crippen LogP contribution in [-0.2, 0) is 11.8 Å². The van der Waals surface area contributed by atoms with Gasteiger partial charge in [0.15, 0.2) is 5.65 Å². The molecule has 154 valence electrons. The highest BCUT2D eigenvalue weighted by Crippen LogP contribution is 2.59. The molecule has 1 aliphatic carbocycles. The third-order valence-electron chi connectivity index (χ3n) is 6.49. The first-order valence-corrected chi connectivity index (χ1v) is 9.55. The molecular formula is C18H27Cl2N7O. The quantitative estimate of drug-likeness (QED) is 0.776. The van der Waals surface area contributed by atoms with Crippen molar-refractivity contribution in [1.82, 2.24) is 30.0 Å². The van der Waals surface area contributed by atoms with Crippen LogP contribution in [0.5, 0.6) is 0 Å². The van der Waals surface area contributed by atoms with E-state index in [1.807, 2.05) is 13.2 Å². The number of hydrogen-bond donors (Lipinski definition) is 1. The van der Waals surface area contributed by atoms with Gasteiger partial charge in [-0.3, -0.25) is 9.48 Å². The molecule has 5 rings (SSSR count). The van der Waals surface area contributed by atoms with Gasteiger partial charge in [0.25, 0.3) is 0 Å². The Morgan fingerprint density at radius 3 is 2.57 bits per heavy atom. The Morgan fingerprint density at radius 1 is 1.14 bits per heavy atom. The number of halogens is 2. The van der Waals surface area contributed by atoms with Gasteiger partial charge in [0.05, 0.1) is 11.6 Å². The van der Waals surface area contributed by atoms with E-state index in [-0.39, 0.29) is 30.7 Å². The Balaban J connectivity index is 0.00000112. The van der Waals surface area contributed by atoms with Crippen LogP contribution in [-0.4, -0.2) is 69.8 Å². The second-order valence-corrected chi connectivity index (χ2v) is 7.88. The summed E-state index contributed by atoms with van der Waals surface area (Å²) in [6.07, 6.45) is 6.83. The van der Waals surface area contributed by atoms with Gasteiger partial charge < -0.3 is 15.1 Å². The van der Waals surface area contributed by atoms with Crippen molar-refractivity contribution in [2.75, 3.05) is 44.2 Å². The minimum absolute atomic E-state index is 0. The summed E-state index contributed by atoms with van der Waals surface area (Å²) < 4.78 is 1.77. The number of anilines is 1. The molecule has 28 heavy (non-hydrogen) atoms. The SMILES string of the molecule is Cl.Cl.Cn1ncc2c(N3CCN(C(=O)C4CC45CCNCC5)CC3)ncnc21. The number of carbonyl (C=O) groups excluding carboxylic acids is 1. The monoisotopic (exact) mass is 427 g/mol. The van der Waals surface area contributed by atoms with E-state index in [9.17, 15) is 4.79 Å². The van der Waals surface area contributed by atoms with Crippen LogP contribution in [0.15, 0.2) is 12.5 Å². The van der Waals surface area contributed by atoms with Gasteiger partial charge in [-0.15, -0.1) is 24.8 Å². The molecule has 2 saturated heterocycles. The topological polar surface area (TPSA) is 79.2 Å². The molecule has 3 fully saturated rings. The Morgan fingerprint density at radius 2 is 1.86 bits per heavy atom. The van der Waals surface area contributed by atoms with Gasteiger partial charge in [-0.1, -0.05) is 0 Å². The number of hydrogen-bond acceptors (Lipinski definition) is 6. The fourth-order valence-corrected chi connectivity index (χ4v) is 4.73. The molecule has 1 atom stereocenters. The van der Waals surface area contributed by atoms with Crippen LogP contribution in [0.4, 0.5) is 5.82 Å². The number of piperidine rings is 1. The lowest BCUT2D eigenvalue weighted by Gasteiger charge is -2.36. The van der Waals surface area contributed by atoms with Crippen molar-refractivity contribution in [1.29, 1.82) is 0 Å². The average Bonchev–Trinajstić information content (AvgIpc) is 3.24. The summed E-state index contributed by atoms with van der Waals surface area (Å²) in [5.74, 6) is 1.57. The molecule has 1 spiro atoms. The third-order valence-corrected chi connectivity index (χ3v) is 6.49. The molecule has 1 saturated carbocycles. The van der Waals surface area contributed by atoms with Crippen molar-refractivity contribution in [2.45, 2.75) is 19.3 Å². The molecule has 0 aromatic carbocycles. The highest BCUT2D eigenvalue weighted by Gasteiger charge is 2.58. The minimum Gasteiger partial charge on any atom is -0.352 e. The summed E-state index contributed by atoms with van der Waals surface area (Å²) in [6.45, 7) is 5.30. The maximum atomic E-state index is 12.9. The van der Waals surface area contributed by atoms with Crippen LogP contribution in [0.3, 0.4) is 0 Å². The lowest BCUT2D eigenvalue weighted by atomic mass is 9.91. The molecule has 1 unspecified atom stereocenters. The highest BCUT2D eigenvalue weighted by molar-refractivity contribution is 5.87. The molecule has 0 bridgehead atoms. The van der Waals surface area contributed by atoms with Crippen molar-refractivity contribution in [2.24, 2.45) is 18.4 Å². The Hall–Kier alpha value is -1.64. The lowest BCUT2D eigenvalue weighted by Crippen LogP contribution is -2.50. The first-order chi connectivity index (χ1) is 12.7. The number of rotatable bonds is 2. The second-order valence-electron chi connectivity index (χ2n) is 7.88. The van der Waals surface area contributed by atoms with Gasteiger partial charge in [-0.2, -0.15) is 5.10 Å². The van der Waals surface area contributed by atoms with Crippen LogP contribution < -0.4 is 10.2 Å². The van der Waals surface area contributed by atoms with E-state index in [1.54, 1.807) is 11.0 Å². The van der Waals surface area contributed by atoms with Crippen LogP contribution in [0, 0.1) is 11.3 Å². The van der Waals surface area contributed by atoms with Gasteiger partial charge in [0.2, 0.25) is 5.91 Å². The zero-order valence-corrected chi connectivity index (χ0v) is 17.6. The maximum absolute atomic E-state index is 12.9. The second kappa shape index (κ2) is 8.00. The van der Waals surface area contributed by atoms with Gasteiger partial charge in [0.1, 0.15) is 12.1 Å². The molecule has 10 heteroatoms. The molecule has 8 nitrogen and oxygen atoms in total. The van der Waals surface area contributed by atoms with Crippen molar-refractivity contribution >= 4 is 47.6 Å². The smallest absolute Gasteiger partial charge is 0.226 e. The largest absolute Gasteiger partial charge is 0.352 e. The van der Waals surface area contributed by atoms with Crippen molar-refractivity contribution in [3.63, 3.8) is 0 Å². The number of carbonyl (C=O) groups is 1. The van der Waals surface area contributed by atoms with E-state index in [4.69, 9.17) is 0 Å². The zero-order valence-electron chi connectivity index (χ0n) is 16.0.